The maximum atomic E-state index is 6.20. The second-order valence-corrected chi connectivity index (χ2v) is 6.26. The van der Waals surface area contributed by atoms with Crippen molar-refractivity contribution in [2.45, 2.75) is 26.3 Å². The topological polar surface area (TPSA) is 54.0 Å². The van der Waals surface area contributed by atoms with Gasteiger partial charge in [0.25, 0.3) is 0 Å². The molecule has 5 heteroatoms. The SMILES string of the molecule is C=C(S/C=C\C)C1=NCC(C(/C=C\C)=NC)=C2CC(N)CN12. The minimum absolute atomic E-state index is 0.136. The van der Waals surface area contributed by atoms with E-state index in [-0.39, 0.29) is 6.04 Å². The summed E-state index contributed by atoms with van der Waals surface area (Å²) in [5, 5.41) is 2.03. The van der Waals surface area contributed by atoms with E-state index in [1.54, 1.807) is 11.8 Å². The summed E-state index contributed by atoms with van der Waals surface area (Å²) < 4.78 is 0. The predicted octanol–water partition coefficient (Wildman–Crippen LogP) is 3.11. The molecule has 0 amide bonds. The van der Waals surface area contributed by atoms with E-state index in [0.717, 1.165) is 29.4 Å². The van der Waals surface area contributed by atoms with Crippen LogP contribution in [0.1, 0.15) is 20.3 Å². The van der Waals surface area contributed by atoms with Gasteiger partial charge >= 0.3 is 0 Å². The molecule has 0 aliphatic carbocycles. The van der Waals surface area contributed by atoms with Gasteiger partial charge in [-0.2, -0.15) is 0 Å². The van der Waals surface area contributed by atoms with Gasteiger partial charge in [-0.3, -0.25) is 9.98 Å². The predicted molar refractivity (Wildman–Crippen MR) is 98.3 cm³/mol. The monoisotopic (exact) mass is 316 g/mol. The number of nitrogens with zero attached hydrogens (tertiary/aromatic N) is 3. The molecular formula is C17H24N4S. The van der Waals surface area contributed by atoms with Crippen molar-refractivity contribution in [1.29, 1.82) is 0 Å². The second kappa shape index (κ2) is 7.61. The Balaban J connectivity index is 2.34. The smallest absolute Gasteiger partial charge is 0.141 e. The Morgan fingerprint density at radius 3 is 2.86 bits per heavy atom. The third-order valence-corrected chi connectivity index (χ3v) is 4.54. The van der Waals surface area contributed by atoms with E-state index in [4.69, 9.17) is 10.7 Å². The molecule has 2 rings (SSSR count). The summed E-state index contributed by atoms with van der Waals surface area (Å²) in [5.74, 6) is 0.950. The van der Waals surface area contributed by atoms with Crippen molar-refractivity contribution in [3.63, 3.8) is 0 Å². The van der Waals surface area contributed by atoms with Gasteiger partial charge in [0.2, 0.25) is 0 Å². The van der Waals surface area contributed by atoms with E-state index in [9.17, 15) is 0 Å². The minimum Gasteiger partial charge on any atom is -0.327 e. The summed E-state index contributed by atoms with van der Waals surface area (Å²) in [6, 6.07) is 0.136. The lowest BCUT2D eigenvalue weighted by molar-refractivity contribution is 0.552. The van der Waals surface area contributed by atoms with E-state index < -0.39 is 0 Å². The van der Waals surface area contributed by atoms with E-state index in [1.165, 1.54) is 11.3 Å². The van der Waals surface area contributed by atoms with Gasteiger partial charge in [-0.05, 0) is 25.3 Å². The third-order valence-electron chi connectivity index (χ3n) is 3.66. The summed E-state index contributed by atoms with van der Waals surface area (Å²) in [7, 11) is 1.82. The Labute approximate surface area is 137 Å². The fourth-order valence-corrected chi connectivity index (χ4v) is 3.32. The van der Waals surface area contributed by atoms with Gasteiger partial charge in [0.15, 0.2) is 0 Å². The van der Waals surface area contributed by atoms with E-state index in [2.05, 4.69) is 16.5 Å². The molecule has 0 aromatic carbocycles. The van der Waals surface area contributed by atoms with Crippen LogP contribution in [0.2, 0.25) is 0 Å². The zero-order chi connectivity index (χ0) is 16.1. The summed E-state index contributed by atoms with van der Waals surface area (Å²) in [4.78, 5) is 12.3. The first-order valence-electron chi connectivity index (χ1n) is 7.48. The average molecular weight is 316 g/mol. The lowest BCUT2D eigenvalue weighted by atomic mass is 10.0. The van der Waals surface area contributed by atoms with Crippen LogP contribution in [0.4, 0.5) is 0 Å². The highest BCUT2D eigenvalue weighted by molar-refractivity contribution is 8.06. The largest absolute Gasteiger partial charge is 0.327 e. The van der Waals surface area contributed by atoms with Crippen molar-refractivity contribution in [3.8, 4) is 0 Å². The molecule has 1 atom stereocenters. The van der Waals surface area contributed by atoms with Crippen molar-refractivity contribution in [2.24, 2.45) is 15.7 Å². The van der Waals surface area contributed by atoms with Gasteiger partial charge in [-0.25, -0.2) is 0 Å². The van der Waals surface area contributed by atoms with Crippen LogP contribution in [0.15, 0.2) is 56.4 Å². The number of fused-ring (bicyclic) bond motifs is 1. The van der Waals surface area contributed by atoms with Gasteiger partial charge in [-0.15, -0.1) is 0 Å². The first-order chi connectivity index (χ1) is 10.6. The fraction of sp³-hybridized carbons (Fsp3) is 0.412. The van der Waals surface area contributed by atoms with Gasteiger partial charge in [0, 0.05) is 42.2 Å². The van der Waals surface area contributed by atoms with E-state index in [1.807, 2.05) is 44.5 Å². The Morgan fingerprint density at radius 2 is 2.23 bits per heavy atom. The van der Waals surface area contributed by atoms with E-state index in [0.29, 0.717) is 6.54 Å². The molecule has 0 spiro atoms. The summed E-state index contributed by atoms with van der Waals surface area (Å²) in [6.07, 6.45) is 6.92. The average Bonchev–Trinajstić information content (AvgIpc) is 2.90. The van der Waals surface area contributed by atoms with Crippen LogP contribution in [0.5, 0.6) is 0 Å². The first kappa shape index (κ1) is 16.8. The Morgan fingerprint density at radius 1 is 1.45 bits per heavy atom. The molecule has 2 heterocycles. The molecule has 2 aliphatic rings. The van der Waals surface area contributed by atoms with Crippen LogP contribution in [0.3, 0.4) is 0 Å². The number of amidine groups is 1. The quantitative estimate of drug-likeness (QED) is 0.793. The number of hydrogen-bond donors (Lipinski definition) is 1. The Kier molecular flexibility index (Phi) is 5.80. The molecule has 0 aromatic rings. The van der Waals surface area contributed by atoms with Gasteiger partial charge in [0.05, 0.1) is 12.3 Å². The minimum atomic E-state index is 0.136. The molecule has 1 saturated heterocycles. The highest BCUT2D eigenvalue weighted by Gasteiger charge is 2.34. The summed E-state index contributed by atoms with van der Waals surface area (Å²) in [5.41, 5.74) is 9.62. The van der Waals surface area contributed by atoms with Crippen molar-refractivity contribution in [3.05, 3.63) is 46.4 Å². The highest BCUT2D eigenvalue weighted by Crippen LogP contribution is 2.33. The van der Waals surface area contributed by atoms with Gasteiger partial charge < -0.3 is 10.6 Å². The van der Waals surface area contributed by atoms with Crippen molar-refractivity contribution in [2.75, 3.05) is 20.1 Å². The summed E-state index contributed by atoms with van der Waals surface area (Å²) in [6.45, 7) is 9.59. The zero-order valence-corrected chi connectivity index (χ0v) is 14.4. The molecule has 22 heavy (non-hydrogen) atoms. The number of rotatable bonds is 5. The summed E-state index contributed by atoms with van der Waals surface area (Å²) >= 11 is 1.60. The van der Waals surface area contributed by atoms with Crippen molar-refractivity contribution >= 4 is 23.3 Å². The zero-order valence-electron chi connectivity index (χ0n) is 13.5. The molecule has 0 bridgehead atoms. The number of aliphatic imine (C=N–C) groups is 2. The second-order valence-electron chi connectivity index (χ2n) is 5.26. The maximum absolute atomic E-state index is 6.20. The molecule has 2 N–H and O–H groups in total. The van der Waals surface area contributed by atoms with Crippen LogP contribution in [0, 0.1) is 0 Å². The lowest BCUT2D eigenvalue weighted by Gasteiger charge is -2.29. The highest BCUT2D eigenvalue weighted by atomic mass is 32.2. The first-order valence-corrected chi connectivity index (χ1v) is 8.36. The van der Waals surface area contributed by atoms with Crippen LogP contribution >= 0.6 is 11.8 Å². The molecule has 0 aromatic heterocycles. The lowest BCUT2D eigenvalue weighted by Crippen LogP contribution is -2.35. The molecule has 2 aliphatic heterocycles. The van der Waals surface area contributed by atoms with Crippen molar-refractivity contribution in [1.82, 2.24) is 4.90 Å². The molecule has 4 nitrogen and oxygen atoms in total. The third kappa shape index (κ3) is 3.42. The number of nitrogens with two attached hydrogens (primary N) is 1. The van der Waals surface area contributed by atoms with Crippen LogP contribution < -0.4 is 5.73 Å². The molecule has 118 valence electrons. The Hall–Kier alpha value is -1.59. The van der Waals surface area contributed by atoms with Gasteiger partial charge in [0.1, 0.15) is 5.84 Å². The van der Waals surface area contributed by atoms with Gasteiger partial charge in [-0.1, -0.05) is 30.5 Å². The molecule has 1 unspecified atom stereocenters. The standard InChI is InChI=1S/C17H24N4S/c1-5-7-15(19-4)14-10-20-17(12(3)22-8-6-2)21-11-13(18)9-16(14)21/h5-8,13H,3,9-11,18H2,1-2,4H3/b7-5-,8-6-,19-15?. The number of hydrogen-bond acceptors (Lipinski definition) is 5. The van der Waals surface area contributed by atoms with Crippen LogP contribution in [-0.2, 0) is 0 Å². The fourth-order valence-electron chi connectivity index (χ4n) is 2.74. The maximum Gasteiger partial charge on any atom is 0.141 e. The van der Waals surface area contributed by atoms with E-state index >= 15 is 0 Å². The van der Waals surface area contributed by atoms with Crippen LogP contribution in [-0.4, -0.2) is 42.6 Å². The molecule has 1 fully saturated rings. The van der Waals surface area contributed by atoms with Crippen molar-refractivity contribution < 1.29 is 0 Å². The van der Waals surface area contributed by atoms with Crippen LogP contribution in [0.25, 0.3) is 0 Å². The molecule has 0 radical (unpaired) electrons. The molecule has 0 saturated carbocycles. The Bertz CT molecular complexity index is 596. The number of thioether (sulfide) groups is 1. The normalized spacial score (nSPS) is 22.7. The number of allylic oxidation sites excluding steroid dienone is 3. The molecular weight excluding hydrogens is 292 g/mol.